The van der Waals surface area contributed by atoms with Crippen LogP contribution in [0.25, 0.3) is 11.0 Å². The van der Waals surface area contributed by atoms with E-state index in [1.807, 2.05) is 13.0 Å². The number of carbonyl (C=O) groups is 1. The number of carbonyl (C=O) groups excluding carboxylic acids is 1. The van der Waals surface area contributed by atoms with E-state index in [9.17, 15) is 14.0 Å². The van der Waals surface area contributed by atoms with Gasteiger partial charge in [0.25, 0.3) is 5.91 Å². The Morgan fingerprint density at radius 1 is 1.10 bits per heavy atom. The SMILES string of the molecule is Cc1ccc(N2C(=O)c3oc4ccc(F)cc4c(=O)c3C2c2cccc(Cl)c2)nc1. The molecule has 0 radical (unpaired) electrons. The molecule has 5 rings (SSSR count). The standard InChI is InChI=1S/C23H14ClFN2O3/c1-12-5-8-18(26-11-12)27-20(13-3-2-4-14(24)9-13)19-21(28)16-10-15(25)6-7-17(16)30-22(19)23(27)29/h2-11,20H,1H3. The van der Waals surface area contributed by atoms with Gasteiger partial charge in [-0.25, -0.2) is 9.37 Å². The summed E-state index contributed by atoms with van der Waals surface area (Å²) in [7, 11) is 0. The van der Waals surface area contributed by atoms with E-state index in [0.29, 0.717) is 16.4 Å². The summed E-state index contributed by atoms with van der Waals surface area (Å²) >= 11 is 6.19. The summed E-state index contributed by atoms with van der Waals surface area (Å²) in [5.74, 6) is -0.756. The third-order valence-corrected chi connectivity index (χ3v) is 5.37. The molecule has 0 aliphatic carbocycles. The van der Waals surface area contributed by atoms with Crippen LogP contribution in [0.4, 0.5) is 10.2 Å². The summed E-state index contributed by atoms with van der Waals surface area (Å²) < 4.78 is 19.6. The quantitative estimate of drug-likeness (QED) is 0.456. The highest BCUT2D eigenvalue weighted by Gasteiger charge is 2.44. The number of aryl methyl sites for hydroxylation is 1. The molecule has 1 atom stereocenters. The number of hydrogen-bond donors (Lipinski definition) is 0. The Bertz CT molecular complexity index is 1380. The molecule has 2 aromatic carbocycles. The topological polar surface area (TPSA) is 63.4 Å². The second-order valence-corrected chi connectivity index (χ2v) is 7.58. The maximum atomic E-state index is 13.8. The minimum Gasteiger partial charge on any atom is -0.450 e. The summed E-state index contributed by atoms with van der Waals surface area (Å²) in [6.45, 7) is 1.89. The lowest BCUT2D eigenvalue weighted by atomic mass is 9.98. The van der Waals surface area contributed by atoms with Crippen LogP contribution in [0.5, 0.6) is 0 Å². The fourth-order valence-corrected chi connectivity index (χ4v) is 3.97. The Kier molecular flexibility index (Phi) is 4.18. The number of fused-ring (bicyclic) bond motifs is 2. The third kappa shape index (κ3) is 2.80. The molecule has 5 nitrogen and oxygen atoms in total. The Hall–Kier alpha value is -3.51. The second kappa shape index (κ2) is 6.78. The molecular weight excluding hydrogens is 407 g/mol. The van der Waals surface area contributed by atoms with Gasteiger partial charge in [0.15, 0.2) is 5.43 Å². The van der Waals surface area contributed by atoms with Crippen molar-refractivity contribution in [3.8, 4) is 0 Å². The maximum Gasteiger partial charge on any atom is 0.296 e. The summed E-state index contributed by atoms with van der Waals surface area (Å²) in [6.07, 6.45) is 1.64. The lowest BCUT2D eigenvalue weighted by Crippen LogP contribution is -2.30. The monoisotopic (exact) mass is 420 g/mol. The number of amides is 1. The van der Waals surface area contributed by atoms with E-state index in [-0.39, 0.29) is 22.3 Å². The minimum atomic E-state index is -0.801. The van der Waals surface area contributed by atoms with Gasteiger partial charge in [-0.15, -0.1) is 0 Å². The highest BCUT2D eigenvalue weighted by atomic mass is 35.5. The number of rotatable bonds is 2. The first-order valence-electron chi connectivity index (χ1n) is 9.22. The number of benzene rings is 2. The van der Waals surface area contributed by atoms with Gasteiger partial charge in [-0.05, 0) is 54.4 Å². The third-order valence-electron chi connectivity index (χ3n) is 5.14. The number of pyridine rings is 1. The fraction of sp³-hybridized carbons (Fsp3) is 0.0870. The molecule has 0 N–H and O–H groups in total. The van der Waals surface area contributed by atoms with Crippen LogP contribution in [-0.4, -0.2) is 10.9 Å². The average molecular weight is 421 g/mol. The van der Waals surface area contributed by atoms with Gasteiger partial charge in [-0.1, -0.05) is 29.8 Å². The molecule has 0 spiro atoms. The van der Waals surface area contributed by atoms with E-state index in [1.165, 1.54) is 17.0 Å². The normalized spacial score (nSPS) is 15.6. The highest BCUT2D eigenvalue weighted by molar-refractivity contribution is 6.30. The zero-order chi connectivity index (χ0) is 21.0. The average Bonchev–Trinajstić information content (AvgIpc) is 3.02. The molecule has 30 heavy (non-hydrogen) atoms. The fourth-order valence-electron chi connectivity index (χ4n) is 3.78. The van der Waals surface area contributed by atoms with Crippen LogP contribution in [0.15, 0.2) is 70.0 Å². The van der Waals surface area contributed by atoms with Crippen molar-refractivity contribution in [1.82, 2.24) is 4.98 Å². The van der Waals surface area contributed by atoms with E-state index in [4.69, 9.17) is 16.0 Å². The largest absolute Gasteiger partial charge is 0.450 e. The van der Waals surface area contributed by atoms with Crippen LogP contribution in [-0.2, 0) is 0 Å². The first kappa shape index (κ1) is 18.5. The van der Waals surface area contributed by atoms with Crippen molar-refractivity contribution in [1.29, 1.82) is 0 Å². The lowest BCUT2D eigenvalue weighted by molar-refractivity contribution is 0.0970. The van der Waals surface area contributed by atoms with Gasteiger partial charge < -0.3 is 4.42 Å². The Labute approximate surface area is 175 Å². The predicted molar refractivity (Wildman–Crippen MR) is 112 cm³/mol. The maximum absolute atomic E-state index is 13.8. The van der Waals surface area contributed by atoms with Crippen molar-refractivity contribution in [2.24, 2.45) is 0 Å². The molecule has 2 aromatic heterocycles. The van der Waals surface area contributed by atoms with Crippen LogP contribution in [0.1, 0.15) is 33.3 Å². The molecule has 1 aliphatic rings. The summed E-state index contributed by atoms with van der Waals surface area (Å²) in [4.78, 5) is 32.5. The molecule has 0 fully saturated rings. The summed E-state index contributed by atoms with van der Waals surface area (Å²) in [5, 5.41) is 0.536. The Morgan fingerprint density at radius 3 is 2.67 bits per heavy atom. The molecule has 0 bridgehead atoms. The van der Waals surface area contributed by atoms with Crippen molar-refractivity contribution in [3.63, 3.8) is 0 Å². The van der Waals surface area contributed by atoms with E-state index in [2.05, 4.69) is 4.98 Å². The van der Waals surface area contributed by atoms with Crippen molar-refractivity contribution in [2.75, 3.05) is 4.90 Å². The first-order chi connectivity index (χ1) is 14.4. The zero-order valence-corrected chi connectivity index (χ0v) is 16.5. The van der Waals surface area contributed by atoms with Crippen molar-refractivity contribution < 1.29 is 13.6 Å². The van der Waals surface area contributed by atoms with E-state index < -0.39 is 23.2 Å². The summed E-state index contributed by atoms with van der Waals surface area (Å²) in [5.41, 5.74) is 1.39. The molecule has 0 saturated heterocycles. The van der Waals surface area contributed by atoms with Crippen LogP contribution in [0.3, 0.4) is 0 Å². The van der Waals surface area contributed by atoms with Crippen LogP contribution in [0.2, 0.25) is 5.02 Å². The minimum absolute atomic E-state index is 0.0762. The molecule has 148 valence electrons. The molecule has 3 heterocycles. The molecule has 1 amide bonds. The number of aromatic nitrogens is 1. The molecular formula is C23H14ClFN2O3. The van der Waals surface area contributed by atoms with Gasteiger partial charge in [0.2, 0.25) is 5.76 Å². The van der Waals surface area contributed by atoms with Gasteiger partial charge in [-0.2, -0.15) is 0 Å². The second-order valence-electron chi connectivity index (χ2n) is 7.14. The molecule has 7 heteroatoms. The van der Waals surface area contributed by atoms with Crippen LogP contribution in [0, 0.1) is 12.7 Å². The smallest absolute Gasteiger partial charge is 0.296 e. The van der Waals surface area contributed by atoms with Crippen molar-refractivity contribution in [3.05, 3.63) is 104 Å². The van der Waals surface area contributed by atoms with E-state index in [0.717, 1.165) is 11.6 Å². The predicted octanol–water partition coefficient (Wildman–Crippen LogP) is 5.04. The van der Waals surface area contributed by atoms with Crippen LogP contribution >= 0.6 is 11.6 Å². The van der Waals surface area contributed by atoms with Crippen molar-refractivity contribution >= 4 is 34.3 Å². The number of nitrogens with zero attached hydrogens (tertiary/aromatic N) is 2. The van der Waals surface area contributed by atoms with Gasteiger partial charge in [0, 0.05) is 11.2 Å². The van der Waals surface area contributed by atoms with E-state index >= 15 is 0 Å². The van der Waals surface area contributed by atoms with Gasteiger partial charge in [0.05, 0.1) is 17.0 Å². The highest BCUT2D eigenvalue weighted by Crippen LogP contribution is 2.41. The molecule has 4 aromatic rings. The number of hydrogen-bond acceptors (Lipinski definition) is 4. The molecule has 1 unspecified atom stereocenters. The molecule has 1 aliphatic heterocycles. The lowest BCUT2D eigenvalue weighted by Gasteiger charge is -2.24. The van der Waals surface area contributed by atoms with E-state index in [1.54, 1.807) is 36.5 Å². The zero-order valence-electron chi connectivity index (χ0n) is 15.7. The van der Waals surface area contributed by atoms with Crippen LogP contribution < -0.4 is 10.3 Å². The summed E-state index contributed by atoms with van der Waals surface area (Å²) in [6, 6.07) is 13.3. The number of halogens is 2. The van der Waals surface area contributed by atoms with Crippen molar-refractivity contribution in [2.45, 2.75) is 13.0 Å². The molecule has 0 saturated carbocycles. The van der Waals surface area contributed by atoms with Gasteiger partial charge in [0.1, 0.15) is 17.2 Å². The number of anilines is 1. The van der Waals surface area contributed by atoms with Gasteiger partial charge in [-0.3, -0.25) is 14.5 Å². The Morgan fingerprint density at radius 2 is 1.93 bits per heavy atom. The van der Waals surface area contributed by atoms with Gasteiger partial charge >= 0.3 is 0 Å². The Balaban J connectivity index is 1.83. The first-order valence-corrected chi connectivity index (χ1v) is 9.60.